The summed E-state index contributed by atoms with van der Waals surface area (Å²) in [6.45, 7) is -3.44. The maximum absolute atomic E-state index is 13.1. The van der Waals surface area contributed by atoms with Gasteiger partial charge in [-0.3, -0.25) is 4.79 Å². The summed E-state index contributed by atoms with van der Waals surface area (Å²) in [5, 5.41) is 7.81. The third-order valence-electron chi connectivity index (χ3n) is 5.62. The Labute approximate surface area is 221 Å². The molecule has 1 amide bonds. The van der Waals surface area contributed by atoms with Crippen molar-refractivity contribution in [2.24, 2.45) is 5.10 Å². The van der Waals surface area contributed by atoms with E-state index in [0.29, 0.717) is 23.5 Å². The number of hydrogen-bond acceptors (Lipinski definition) is 8. The van der Waals surface area contributed by atoms with Gasteiger partial charge in [0.05, 0.1) is 30.9 Å². The number of hydrogen-bond donors (Lipinski definition) is 0. The van der Waals surface area contributed by atoms with E-state index in [1.54, 1.807) is 19.2 Å². The number of alkyl halides is 2. The highest BCUT2D eigenvalue weighted by molar-refractivity contribution is 7.12. The number of hydrazone groups is 1. The molecule has 1 aromatic heterocycles. The van der Waals surface area contributed by atoms with Gasteiger partial charge in [-0.15, -0.1) is 11.3 Å². The minimum atomic E-state index is -2.92. The molecule has 0 saturated heterocycles. The molecule has 0 fully saturated rings. The zero-order valence-corrected chi connectivity index (χ0v) is 21.3. The normalized spacial score (nSPS) is 15.0. The van der Waals surface area contributed by atoms with Crippen molar-refractivity contribution in [1.82, 2.24) is 5.01 Å². The smallest absolute Gasteiger partial charge is 0.387 e. The van der Waals surface area contributed by atoms with Crippen LogP contribution in [-0.2, 0) is 14.3 Å². The van der Waals surface area contributed by atoms with E-state index < -0.39 is 31.1 Å². The maximum atomic E-state index is 13.1. The van der Waals surface area contributed by atoms with E-state index in [-0.39, 0.29) is 5.75 Å². The van der Waals surface area contributed by atoms with Gasteiger partial charge in [0.1, 0.15) is 5.75 Å². The van der Waals surface area contributed by atoms with Crippen LogP contribution in [0.5, 0.6) is 17.2 Å². The Kier molecular flexibility index (Phi) is 8.70. The molecule has 0 bridgehead atoms. The summed E-state index contributed by atoms with van der Waals surface area (Å²) < 4.78 is 44.7. The lowest BCUT2D eigenvalue weighted by atomic mass is 10.0. The van der Waals surface area contributed by atoms with Crippen LogP contribution in [0.3, 0.4) is 0 Å². The summed E-state index contributed by atoms with van der Waals surface area (Å²) in [5.74, 6) is -0.152. The molecular weight excluding hydrogens is 518 g/mol. The first-order chi connectivity index (χ1) is 18.4. The van der Waals surface area contributed by atoms with Gasteiger partial charge in [0, 0.05) is 12.5 Å². The number of rotatable bonds is 10. The van der Waals surface area contributed by atoms with E-state index in [0.717, 1.165) is 22.2 Å². The van der Waals surface area contributed by atoms with Gasteiger partial charge >= 0.3 is 12.6 Å². The Morgan fingerprint density at radius 1 is 1.11 bits per heavy atom. The molecule has 8 nitrogen and oxygen atoms in total. The van der Waals surface area contributed by atoms with Gasteiger partial charge in [-0.1, -0.05) is 24.3 Å². The van der Waals surface area contributed by atoms with E-state index in [2.05, 4.69) is 9.84 Å². The van der Waals surface area contributed by atoms with Crippen molar-refractivity contribution in [3.8, 4) is 17.2 Å². The molecule has 38 heavy (non-hydrogen) atoms. The van der Waals surface area contributed by atoms with Gasteiger partial charge in [0.25, 0.3) is 5.91 Å². The number of methoxy groups -OCH3 is 2. The summed E-state index contributed by atoms with van der Waals surface area (Å²) in [5.41, 5.74) is 2.10. The van der Waals surface area contributed by atoms with E-state index in [4.69, 9.17) is 14.2 Å². The third kappa shape index (κ3) is 6.54. The van der Waals surface area contributed by atoms with Gasteiger partial charge in [0.15, 0.2) is 18.1 Å². The summed E-state index contributed by atoms with van der Waals surface area (Å²) in [4.78, 5) is 26.3. The Bertz CT molecular complexity index is 1330. The van der Waals surface area contributed by atoms with Gasteiger partial charge in [-0.2, -0.15) is 13.9 Å². The molecule has 11 heteroatoms. The fourth-order valence-electron chi connectivity index (χ4n) is 3.82. The first kappa shape index (κ1) is 26.8. The fraction of sp³-hybridized carbons (Fsp3) is 0.222. The number of ether oxygens (including phenoxy) is 4. The maximum Gasteiger partial charge on any atom is 0.387 e. The SMILES string of the molecule is COc1ccc([C@H]2CC(c3cccs3)=NN2C(=O)COC(=O)/C=C/c2ccc(OC(F)F)cc2)cc1OC. The van der Waals surface area contributed by atoms with Crippen LogP contribution in [0, 0.1) is 0 Å². The second kappa shape index (κ2) is 12.3. The zero-order chi connectivity index (χ0) is 27.1. The monoisotopic (exact) mass is 542 g/mol. The topological polar surface area (TPSA) is 86.7 Å². The summed E-state index contributed by atoms with van der Waals surface area (Å²) in [6, 6.07) is 14.5. The van der Waals surface area contributed by atoms with Gasteiger partial charge in [-0.05, 0) is 52.9 Å². The zero-order valence-electron chi connectivity index (χ0n) is 20.5. The van der Waals surface area contributed by atoms with Crippen molar-refractivity contribution in [1.29, 1.82) is 0 Å². The molecule has 0 N–H and O–H groups in total. The largest absolute Gasteiger partial charge is 0.493 e. The van der Waals surface area contributed by atoms with Crippen LogP contribution in [0.1, 0.15) is 28.5 Å². The van der Waals surface area contributed by atoms with Crippen molar-refractivity contribution in [2.75, 3.05) is 20.8 Å². The third-order valence-corrected chi connectivity index (χ3v) is 6.54. The highest BCUT2D eigenvalue weighted by Gasteiger charge is 2.34. The van der Waals surface area contributed by atoms with Crippen LogP contribution in [-0.4, -0.2) is 50.0 Å². The molecule has 0 unspecified atom stereocenters. The Morgan fingerprint density at radius 2 is 1.87 bits per heavy atom. The van der Waals surface area contributed by atoms with Crippen LogP contribution < -0.4 is 14.2 Å². The van der Waals surface area contributed by atoms with E-state index >= 15 is 0 Å². The minimum Gasteiger partial charge on any atom is -0.493 e. The van der Waals surface area contributed by atoms with Crippen molar-refractivity contribution in [3.05, 3.63) is 82.1 Å². The first-order valence-electron chi connectivity index (χ1n) is 11.4. The van der Waals surface area contributed by atoms with E-state index in [9.17, 15) is 18.4 Å². The number of nitrogens with zero attached hydrogens (tertiary/aromatic N) is 2. The Balaban J connectivity index is 1.44. The van der Waals surface area contributed by atoms with Crippen LogP contribution in [0.4, 0.5) is 8.78 Å². The molecule has 2 heterocycles. The van der Waals surface area contributed by atoms with Crippen molar-refractivity contribution < 1.29 is 37.3 Å². The number of esters is 1. The second-order valence-corrected chi connectivity index (χ2v) is 8.93. The molecule has 0 radical (unpaired) electrons. The molecule has 0 aliphatic carbocycles. The number of benzene rings is 2. The van der Waals surface area contributed by atoms with Gasteiger partial charge in [-0.25, -0.2) is 9.80 Å². The molecule has 1 aliphatic rings. The summed E-state index contributed by atoms with van der Waals surface area (Å²) >= 11 is 1.52. The molecule has 3 aromatic rings. The number of halogens is 2. The first-order valence-corrected chi connectivity index (χ1v) is 12.3. The molecule has 1 aliphatic heterocycles. The highest BCUT2D eigenvalue weighted by Crippen LogP contribution is 2.37. The predicted molar refractivity (Wildman–Crippen MR) is 138 cm³/mol. The number of carbonyl (C=O) groups excluding carboxylic acids is 2. The lowest BCUT2D eigenvalue weighted by Crippen LogP contribution is -2.31. The van der Waals surface area contributed by atoms with Gasteiger partial charge in [0.2, 0.25) is 0 Å². The van der Waals surface area contributed by atoms with Gasteiger partial charge < -0.3 is 18.9 Å². The molecule has 198 valence electrons. The number of amides is 1. The van der Waals surface area contributed by atoms with Crippen LogP contribution >= 0.6 is 11.3 Å². The number of thiophene rings is 1. The average molecular weight is 543 g/mol. The quantitative estimate of drug-likeness (QED) is 0.255. The van der Waals surface area contributed by atoms with Crippen LogP contribution in [0.15, 0.2) is 71.2 Å². The molecule has 0 saturated carbocycles. The second-order valence-electron chi connectivity index (χ2n) is 7.99. The molecule has 1 atom stereocenters. The lowest BCUT2D eigenvalue weighted by molar-refractivity contribution is -0.149. The standard InChI is InChI=1S/C27H24F2N2O6S/c1-34-22-11-8-18(14-23(22)35-2)21-15-20(24-4-3-13-38-24)30-31(21)25(32)16-36-26(33)12-7-17-5-9-19(10-6-17)37-27(28)29/h3-14,21,27H,15-16H2,1-2H3/b12-7+/t21-/m1/s1. The van der Waals surface area contributed by atoms with Crippen molar-refractivity contribution in [3.63, 3.8) is 0 Å². The highest BCUT2D eigenvalue weighted by atomic mass is 32.1. The minimum absolute atomic E-state index is 0.00226. The Morgan fingerprint density at radius 3 is 2.53 bits per heavy atom. The Hall–Kier alpha value is -4.25. The summed E-state index contributed by atoms with van der Waals surface area (Å²) in [7, 11) is 3.08. The molecule has 4 rings (SSSR count). The van der Waals surface area contributed by atoms with Crippen molar-refractivity contribution in [2.45, 2.75) is 19.1 Å². The van der Waals surface area contributed by atoms with E-state index in [1.807, 2.05) is 23.6 Å². The van der Waals surface area contributed by atoms with Crippen molar-refractivity contribution >= 4 is 35.0 Å². The fourth-order valence-corrected chi connectivity index (χ4v) is 4.54. The lowest BCUT2D eigenvalue weighted by Gasteiger charge is -2.22. The van der Waals surface area contributed by atoms with Crippen LogP contribution in [0.2, 0.25) is 0 Å². The summed E-state index contributed by atoms with van der Waals surface area (Å²) in [6.07, 6.45) is 3.06. The predicted octanol–water partition coefficient (Wildman–Crippen LogP) is 5.30. The van der Waals surface area contributed by atoms with Crippen LogP contribution in [0.25, 0.3) is 6.08 Å². The average Bonchev–Trinajstić information content (AvgIpc) is 3.61. The molecular formula is C27H24F2N2O6S. The van der Waals surface area contributed by atoms with E-state index in [1.165, 1.54) is 53.8 Å². The molecule has 0 spiro atoms. The number of carbonyl (C=O) groups is 2. The molecule has 2 aromatic carbocycles.